The Hall–Kier alpha value is 1.33. The predicted molar refractivity (Wildman–Crippen MR) is 64.0 cm³/mol. The van der Waals surface area contributed by atoms with Crippen molar-refractivity contribution in [3.8, 4) is 0 Å². The largest absolute Gasteiger partial charge is 0.273 e. The van der Waals surface area contributed by atoms with Gasteiger partial charge in [-0.2, -0.15) is 0 Å². The maximum atomic E-state index is 6.12. The quantitative estimate of drug-likeness (QED) is 0.407. The van der Waals surface area contributed by atoms with Crippen LogP contribution in [0.25, 0.3) is 0 Å². The molecule has 0 fully saturated rings. The molecule has 0 aliphatic carbocycles. The molecule has 0 saturated carbocycles. The summed E-state index contributed by atoms with van der Waals surface area (Å²) in [5, 5.41) is 0. The topological polar surface area (TPSA) is 0 Å². The Labute approximate surface area is 95.3 Å². The molecule has 0 rings (SSSR count). The number of hydrogen-bond acceptors (Lipinski definition) is 0. The van der Waals surface area contributed by atoms with E-state index in [1.54, 1.807) is 0 Å². The molecule has 0 nitrogen and oxygen atoms in total. The summed E-state index contributed by atoms with van der Waals surface area (Å²) < 4.78 is 0. The highest BCUT2D eigenvalue weighted by molar-refractivity contribution is 7.52. The summed E-state index contributed by atoms with van der Waals surface area (Å²) in [6.45, 7) is 1.80. The first kappa shape index (κ1) is 13.3. The summed E-state index contributed by atoms with van der Waals surface area (Å²) in [6, 6.07) is 0.764. The summed E-state index contributed by atoms with van der Waals surface area (Å²) >= 11 is 23.7. The molecule has 71 valence electrons. The van der Waals surface area contributed by atoms with Crippen molar-refractivity contribution in [2.45, 2.75) is 25.6 Å². The van der Waals surface area contributed by atoms with Crippen LogP contribution in [0.15, 0.2) is 11.6 Å². The molecule has 0 N–H and O–H groups in total. The lowest BCUT2D eigenvalue weighted by Gasteiger charge is -2.16. The lowest BCUT2D eigenvalue weighted by atomic mass is 10.3. The Kier molecular flexibility index (Phi) is 6.60. The van der Waals surface area contributed by atoms with Crippen LogP contribution in [0.1, 0.15) is 13.8 Å². The smallest absolute Gasteiger partial charge is 0.147 e. The highest BCUT2D eigenvalue weighted by Gasteiger charge is 2.32. The molecule has 0 unspecified atom stereocenters. The van der Waals surface area contributed by atoms with Crippen LogP contribution < -0.4 is 0 Å². The molecule has 12 heavy (non-hydrogen) atoms. The number of allylic oxidation sites excluding steroid dienone is 2. The summed E-state index contributed by atoms with van der Waals surface area (Å²) in [5.41, 5.74) is 1.83. The van der Waals surface area contributed by atoms with Crippen LogP contribution in [0.2, 0.25) is 11.7 Å². The van der Waals surface area contributed by atoms with Crippen LogP contribution in [0.5, 0.6) is 0 Å². The zero-order chi connectivity index (χ0) is 9.78. The van der Waals surface area contributed by atoms with Crippen molar-refractivity contribution in [2.75, 3.05) is 0 Å². The molecule has 6 heteroatoms. The lowest BCUT2D eigenvalue weighted by molar-refractivity contribution is 1.33. The molecule has 1 radical (unpaired) electrons. The molecule has 0 aliphatic heterocycles. The molecule has 0 heterocycles. The first-order chi connectivity index (χ1) is 5.37. The fourth-order valence-corrected chi connectivity index (χ4v) is 14.1. The Balaban J connectivity index is 4.03. The van der Waals surface area contributed by atoms with Gasteiger partial charge in [0.1, 0.15) is 0 Å². The maximum absolute atomic E-state index is 6.12. The van der Waals surface area contributed by atoms with Crippen molar-refractivity contribution in [2.24, 2.45) is 0 Å². The van der Waals surface area contributed by atoms with E-state index in [2.05, 4.69) is 0 Å². The summed E-state index contributed by atoms with van der Waals surface area (Å²) in [6.07, 6.45) is 2.02. The lowest BCUT2D eigenvalue weighted by Crippen LogP contribution is -2.23. The van der Waals surface area contributed by atoms with Gasteiger partial charge in [0, 0.05) is 0 Å². The van der Waals surface area contributed by atoms with Gasteiger partial charge in [-0.25, -0.2) is 0 Å². The predicted octanol–water partition coefficient (Wildman–Crippen LogP) is 4.38. The Morgan fingerprint density at radius 1 is 1.42 bits per heavy atom. The van der Waals surface area contributed by atoms with E-state index < -0.39 is 14.1 Å². The van der Waals surface area contributed by atoms with Crippen molar-refractivity contribution in [3.63, 3.8) is 0 Å². The molecule has 0 spiro atoms. The minimum atomic E-state index is -2.19. The molecule has 0 atom stereocenters. The van der Waals surface area contributed by atoms with Crippen LogP contribution in [0.4, 0.5) is 0 Å². The van der Waals surface area contributed by atoms with Gasteiger partial charge in [-0.05, 0) is 25.6 Å². The molecule has 0 aliphatic rings. The van der Waals surface area contributed by atoms with Crippen LogP contribution >= 0.6 is 44.3 Å². The molecule has 0 aromatic carbocycles. The fraction of sp³-hybridized carbons (Fsp3) is 0.667. The number of rotatable bonds is 4. The summed E-state index contributed by atoms with van der Waals surface area (Å²) in [5.74, 6) is 0. The van der Waals surface area contributed by atoms with Gasteiger partial charge in [0.15, 0.2) is 0 Å². The zero-order valence-corrected chi connectivity index (χ0v) is 12.0. The molecular formula is C6H11Cl4Si2. The van der Waals surface area contributed by atoms with Gasteiger partial charge in [0.2, 0.25) is 0 Å². The minimum Gasteiger partial charge on any atom is -0.147 e. The Morgan fingerprint density at radius 3 is 2.25 bits per heavy atom. The van der Waals surface area contributed by atoms with Crippen LogP contribution in [0.3, 0.4) is 0 Å². The van der Waals surface area contributed by atoms with Gasteiger partial charge in [-0.1, -0.05) is 11.6 Å². The van der Waals surface area contributed by atoms with Gasteiger partial charge in [0.25, 0.3) is 14.1 Å². The first-order valence-electron chi connectivity index (χ1n) is 3.54. The fourth-order valence-electron chi connectivity index (χ4n) is 0.768. The van der Waals surface area contributed by atoms with Gasteiger partial charge < -0.3 is 0 Å². The molecule has 0 aromatic heterocycles. The SMILES string of the molecule is CC=C(C)C[Si](Cl)(Cl)C[Si](Cl)Cl. The van der Waals surface area contributed by atoms with Crippen molar-refractivity contribution < 1.29 is 0 Å². The van der Waals surface area contributed by atoms with Crippen LogP contribution in [-0.4, -0.2) is 14.1 Å². The monoisotopic (exact) mass is 279 g/mol. The minimum absolute atomic E-state index is 0.620. The van der Waals surface area contributed by atoms with E-state index in [-0.39, 0.29) is 0 Å². The second-order valence-corrected chi connectivity index (χ2v) is 15.1. The first-order valence-corrected chi connectivity index (χ1v) is 11.7. The van der Waals surface area contributed by atoms with E-state index >= 15 is 0 Å². The maximum Gasteiger partial charge on any atom is 0.273 e. The molecular weight excluding hydrogens is 270 g/mol. The summed E-state index contributed by atoms with van der Waals surface area (Å²) in [7, 11) is -1.33. The number of halogens is 4. The van der Waals surface area contributed by atoms with Gasteiger partial charge >= 0.3 is 0 Å². The van der Waals surface area contributed by atoms with E-state index in [4.69, 9.17) is 44.3 Å². The third kappa shape index (κ3) is 6.81. The molecule has 0 bridgehead atoms. The number of hydrogen-bond donors (Lipinski definition) is 0. The van der Waals surface area contributed by atoms with Crippen molar-refractivity contribution >= 4 is 58.4 Å². The normalized spacial score (nSPS) is 14.1. The second kappa shape index (κ2) is 5.94. The van der Waals surface area contributed by atoms with E-state index in [1.807, 2.05) is 19.9 Å². The molecule has 0 amide bonds. The third-order valence-electron chi connectivity index (χ3n) is 1.42. The summed E-state index contributed by atoms with van der Waals surface area (Å²) in [4.78, 5) is 0. The van der Waals surface area contributed by atoms with E-state index in [1.165, 1.54) is 5.57 Å². The van der Waals surface area contributed by atoms with E-state index in [9.17, 15) is 0 Å². The van der Waals surface area contributed by atoms with E-state index in [0.29, 0.717) is 5.67 Å². The third-order valence-corrected chi connectivity index (χ3v) is 11.2. The average Bonchev–Trinajstić information content (AvgIpc) is 1.83. The molecule has 0 aromatic rings. The van der Waals surface area contributed by atoms with Crippen LogP contribution in [-0.2, 0) is 0 Å². The zero-order valence-electron chi connectivity index (χ0n) is 7.00. The average molecular weight is 281 g/mol. The Bertz CT molecular complexity index is 167. The highest BCUT2D eigenvalue weighted by Crippen LogP contribution is 2.31. The van der Waals surface area contributed by atoms with Crippen molar-refractivity contribution in [1.29, 1.82) is 0 Å². The molecule has 0 saturated heterocycles. The van der Waals surface area contributed by atoms with Gasteiger partial charge in [-0.15, -0.1) is 44.3 Å². The van der Waals surface area contributed by atoms with Gasteiger partial charge in [0.05, 0.1) is 0 Å². The van der Waals surface area contributed by atoms with E-state index in [0.717, 1.165) is 6.04 Å². The second-order valence-electron chi connectivity index (χ2n) is 2.68. The van der Waals surface area contributed by atoms with Crippen LogP contribution in [0, 0.1) is 0 Å². The van der Waals surface area contributed by atoms with Crippen molar-refractivity contribution in [3.05, 3.63) is 11.6 Å². The standard InChI is InChI=1S/C6H11Cl4Si2/c1-3-6(2)4-12(9,10)5-11(7)8/h3H,4-5H2,1-2H3. The highest BCUT2D eigenvalue weighted by atomic mass is 35.7. The van der Waals surface area contributed by atoms with Gasteiger partial charge in [-0.3, -0.25) is 0 Å². The van der Waals surface area contributed by atoms with Crippen molar-refractivity contribution in [1.82, 2.24) is 0 Å². The Morgan fingerprint density at radius 2 is 1.92 bits per heavy atom.